The maximum Gasteiger partial charge on any atom is 0.410 e. The van der Waals surface area contributed by atoms with E-state index in [2.05, 4.69) is 5.43 Å². The molecule has 0 atom stereocenters. The molecule has 1 N–H and O–H groups in total. The van der Waals surface area contributed by atoms with Crippen molar-refractivity contribution in [1.82, 2.24) is 10.3 Å². The Morgan fingerprint density at radius 2 is 1.85 bits per heavy atom. The van der Waals surface area contributed by atoms with Crippen LogP contribution in [0.15, 0.2) is 36.4 Å². The number of nitrogens with zero attached hydrogens (tertiary/aromatic N) is 3. The zero-order valence-electron chi connectivity index (χ0n) is 19.6. The van der Waals surface area contributed by atoms with Gasteiger partial charge in [0, 0.05) is 24.6 Å². The van der Waals surface area contributed by atoms with Gasteiger partial charge in [-0.05, 0) is 56.9 Å². The average molecular weight is 523 g/mol. The van der Waals surface area contributed by atoms with E-state index in [0.29, 0.717) is 46.9 Å². The summed E-state index contributed by atoms with van der Waals surface area (Å²) < 4.78 is 11.3. The second-order valence-corrected chi connectivity index (χ2v) is 10.6. The van der Waals surface area contributed by atoms with Gasteiger partial charge < -0.3 is 14.4 Å². The van der Waals surface area contributed by atoms with Crippen LogP contribution >= 0.6 is 35.0 Å². The molecule has 34 heavy (non-hydrogen) atoms. The molecular formula is C24H28Cl2N4O3S. The van der Waals surface area contributed by atoms with E-state index in [-0.39, 0.29) is 12.0 Å². The fraction of sp³-hybridized carbons (Fsp3) is 0.417. The van der Waals surface area contributed by atoms with E-state index >= 15 is 0 Å². The number of likely N-dealkylation sites (tertiary alicyclic amines) is 1. The number of hydrazine groups is 1. The van der Waals surface area contributed by atoms with E-state index in [1.807, 2.05) is 57.5 Å². The lowest BCUT2D eigenvalue weighted by Crippen LogP contribution is -2.53. The Bertz CT molecular complexity index is 1020. The highest BCUT2D eigenvalue weighted by molar-refractivity contribution is 7.98. The number of ether oxygens (including phenoxy) is 2. The third-order valence-corrected chi connectivity index (χ3v) is 6.13. The highest BCUT2D eigenvalue weighted by atomic mass is 35.5. The molecule has 0 spiro atoms. The molecule has 2 aromatic carbocycles. The maximum absolute atomic E-state index is 12.0. The van der Waals surface area contributed by atoms with E-state index in [0.717, 1.165) is 11.3 Å². The summed E-state index contributed by atoms with van der Waals surface area (Å²) >= 11 is 14.7. The van der Waals surface area contributed by atoms with Gasteiger partial charge in [-0.2, -0.15) is 5.26 Å². The number of amides is 1. The molecule has 1 heterocycles. The Kier molecular flexibility index (Phi) is 8.69. The van der Waals surface area contributed by atoms with Crippen molar-refractivity contribution in [1.29, 1.82) is 5.26 Å². The minimum absolute atomic E-state index is 0.273. The first-order valence-electron chi connectivity index (χ1n) is 10.7. The maximum atomic E-state index is 12.0. The molecule has 2 aromatic rings. The Morgan fingerprint density at radius 3 is 2.38 bits per heavy atom. The lowest BCUT2D eigenvalue weighted by molar-refractivity contribution is -0.00781. The molecule has 0 aromatic heterocycles. The summed E-state index contributed by atoms with van der Waals surface area (Å²) in [6.45, 7) is 7.34. The molecule has 1 amide bonds. The van der Waals surface area contributed by atoms with Gasteiger partial charge in [-0.25, -0.2) is 10.2 Å². The summed E-state index contributed by atoms with van der Waals surface area (Å²) in [7, 11) is 0. The molecule has 1 fully saturated rings. The van der Waals surface area contributed by atoms with Crippen molar-refractivity contribution in [2.24, 2.45) is 5.92 Å². The molecule has 0 radical (unpaired) electrons. The third kappa shape index (κ3) is 6.78. The summed E-state index contributed by atoms with van der Waals surface area (Å²) in [5.74, 6) is 1.56. The second-order valence-electron chi connectivity index (χ2n) is 8.94. The SMILES string of the molecule is CSCN(NC#N)c1cc(Cl)c(-c2ccc(OCC3CN(C(=O)OC(C)(C)C)C3)cc2)c(Cl)c1. The first-order valence-corrected chi connectivity index (χ1v) is 12.9. The highest BCUT2D eigenvalue weighted by Gasteiger charge is 2.34. The van der Waals surface area contributed by atoms with Crippen LogP contribution in [0.4, 0.5) is 10.5 Å². The van der Waals surface area contributed by atoms with Gasteiger partial charge >= 0.3 is 6.09 Å². The Morgan fingerprint density at radius 1 is 1.24 bits per heavy atom. The molecule has 1 aliphatic heterocycles. The van der Waals surface area contributed by atoms with Crippen molar-refractivity contribution in [2.45, 2.75) is 26.4 Å². The van der Waals surface area contributed by atoms with E-state index in [9.17, 15) is 4.79 Å². The number of hydrogen-bond donors (Lipinski definition) is 1. The lowest BCUT2D eigenvalue weighted by Gasteiger charge is -2.39. The van der Waals surface area contributed by atoms with Gasteiger partial charge in [0.2, 0.25) is 0 Å². The molecule has 1 saturated heterocycles. The molecule has 182 valence electrons. The molecular weight excluding hydrogens is 495 g/mol. The number of nitriles is 1. The average Bonchev–Trinajstić information content (AvgIpc) is 2.71. The molecule has 0 unspecified atom stereocenters. The van der Waals surface area contributed by atoms with Crippen LogP contribution in [0.1, 0.15) is 20.8 Å². The number of nitrogens with one attached hydrogen (secondary N) is 1. The van der Waals surface area contributed by atoms with E-state index in [4.69, 9.17) is 37.9 Å². The van der Waals surface area contributed by atoms with Crippen LogP contribution in [0.2, 0.25) is 10.0 Å². The number of hydrogen-bond acceptors (Lipinski definition) is 7. The van der Waals surface area contributed by atoms with Gasteiger partial charge in [0.05, 0.1) is 28.2 Å². The van der Waals surface area contributed by atoms with Crippen molar-refractivity contribution in [2.75, 3.05) is 36.8 Å². The highest BCUT2D eigenvalue weighted by Crippen LogP contribution is 2.39. The van der Waals surface area contributed by atoms with Gasteiger partial charge in [0.25, 0.3) is 0 Å². The van der Waals surface area contributed by atoms with Crippen molar-refractivity contribution in [3.05, 3.63) is 46.4 Å². The van der Waals surface area contributed by atoms with E-state index in [1.165, 1.54) is 0 Å². The summed E-state index contributed by atoms with van der Waals surface area (Å²) in [5.41, 5.74) is 4.41. The van der Waals surface area contributed by atoms with Gasteiger partial charge in [0.15, 0.2) is 6.19 Å². The topological polar surface area (TPSA) is 77.8 Å². The van der Waals surface area contributed by atoms with Gasteiger partial charge in [-0.15, -0.1) is 11.8 Å². The lowest BCUT2D eigenvalue weighted by atomic mass is 10.0. The van der Waals surface area contributed by atoms with Crippen molar-refractivity contribution < 1.29 is 14.3 Å². The van der Waals surface area contributed by atoms with Crippen LogP contribution in [0.25, 0.3) is 11.1 Å². The fourth-order valence-corrected chi connectivity index (χ4v) is 4.60. The van der Waals surface area contributed by atoms with Crippen molar-refractivity contribution in [3.63, 3.8) is 0 Å². The second kappa shape index (κ2) is 11.3. The first kappa shape index (κ1) is 26.1. The number of benzene rings is 2. The zero-order chi connectivity index (χ0) is 24.9. The van der Waals surface area contributed by atoms with Crippen LogP contribution in [0.5, 0.6) is 5.75 Å². The van der Waals surface area contributed by atoms with E-state index < -0.39 is 5.60 Å². The first-order chi connectivity index (χ1) is 16.1. The smallest absolute Gasteiger partial charge is 0.410 e. The molecule has 1 aliphatic rings. The number of carbonyl (C=O) groups is 1. The Labute approximate surface area is 214 Å². The van der Waals surface area contributed by atoms with Gasteiger partial charge in [-0.3, -0.25) is 5.01 Å². The standard InChI is InChI=1S/C24H28Cl2N4O3S/c1-24(2,3)33-23(31)29-11-16(12-29)13-32-19-7-5-17(6-8-19)22-20(25)9-18(10-21(22)26)30(15-34-4)28-14-27/h5-10,16,28H,11-13,15H2,1-4H3. The van der Waals surface area contributed by atoms with E-state index in [1.54, 1.807) is 33.8 Å². The van der Waals surface area contributed by atoms with Crippen molar-refractivity contribution >= 4 is 46.7 Å². The number of rotatable bonds is 8. The Balaban J connectivity index is 1.59. The summed E-state index contributed by atoms with van der Waals surface area (Å²) in [6.07, 6.45) is 3.58. The largest absolute Gasteiger partial charge is 0.493 e. The summed E-state index contributed by atoms with van der Waals surface area (Å²) in [4.78, 5) is 13.7. The molecule has 0 aliphatic carbocycles. The predicted molar refractivity (Wildman–Crippen MR) is 138 cm³/mol. The van der Waals surface area contributed by atoms with Crippen LogP contribution in [0.3, 0.4) is 0 Å². The summed E-state index contributed by atoms with van der Waals surface area (Å²) in [5, 5.41) is 11.6. The minimum Gasteiger partial charge on any atom is -0.493 e. The molecule has 3 rings (SSSR count). The molecule has 7 nitrogen and oxygen atoms in total. The molecule has 0 saturated carbocycles. The zero-order valence-corrected chi connectivity index (χ0v) is 21.9. The van der Waals surface area contributed by atoms with Crippen LogP contribution in [-0.2, 0) is 4.74 Å². The van der Waals surface area contributed by atoms with Crippen LogP contribution in [0, 0.1) is 17.4 Å². The normalized spacial score (nSPS) is 13.6. The quantitative estimate of drug-likeness (QED) is 0.196. The third-order valence-electron chi connectivity index (χ3n) is 5.02. The monoisotopic (exact) mass is 522 g/mol. The molecule has 10 heteroatoms. The number of halogens is 2. The van der Waals surface area contributed by atoms with Gasteiger partial charge in [0.1, 0.15) is 11.4 Å². The van der Waals surface area contributed by atoms with Crippen LogP contribution in [-0.4, -0.2) is 48.4 Å². The number of thioether (sulfide) groups is 1. The van der Waals surface area contributed by atoms with Crippen LogP contribution < -0.4 is 15.2 Å². The summed E-state index contributed by atoms with van der Waals surface area (Å²) in [6, 6.07) is 11.1. The van der Waals surface area contributed by atoms with Crippen molar-refractivity contribution in [3.8, 4) is 23.1 Å². The fourth-order valence-electron chi connectivity index (χ4n) is 3.43. The Hall–Kier alpha value is -2.47. The minimum atomic E-state index is -0.492. The number of carbonyl (C=O) groups excluding carboxylic acids is 1. The number of anilines is 1. The van der Waals surface area contributed by atoms with Gasteiger partial charge in [-0.1, -0.05) is 35.3 Å². The predicted octanol–water partition coefficient (Wildman–Crippen LogP) is 6.02. The molecule has 0 bridgehead atoms.